The molecule has 1 aromatic heterocycles. The predicted octanol–water partition coefficient (Wildman–Crippen LogP) is 2.09. The summed E-state index contributed by atoms with van der Waals surface area (Å²) in [6.45, 7) is 8.10. The average Bonchev–Trinajstić information content (AvgIpc) is 2.66. The summed E-state index contributed by atoms with van der Waals surface area (Å²) in [5.74, 6) is 0.577. The zero-order chi connectivity index (χ0) is 11.3. The molecule has 0 aliphatic rings. The summed E-state index contributed by atoms with van der Waals surface area (Å²) in [6, 6.07) is 0.337. The van der Waals surface area contributed by atoms with E-state index in [1.165, 1.54) is 5.01 Å². The van der Waals surface area contributed by atoms with E-state index in [0.29, 0.717) is 12.0 Å². The summed E-state index contributed by atoms with van der Waals surface area (Å²) in [5, 5.41) is 6.74. The second-order valence-corrected chi connectivity index (χ2v) is 4.86. The highest BCUT2D eigenvalue weighted by atomic mass is 32.1. The lowest BCUT2D eigenvalue weighted by Crippen LogP contribution is -2.29. The number of nitrogens with one attached hydrogen (secondary N) is 1. The zero-order valence-corrected chi connectivity index (χ0v) is 10.6. The van der Waals surface area contributed by atoms with Gasteiger partial charge in [0.05, 0.1) is 6.04 Å². The topological polar surface area (TPSA) is 50.9 Å². The molecular formula is C11H21N3S. The summed E-state index contributed by atoms with van der Waals surface area (Å²) in [6.07, 6.45) is 1.13. The number of nitrogens with zero attached hydrogens (tertiary/aromatic N) is 1. The Kier molecular flexibility index (Phi) is 5.22. The van der Waals surface area contributed by atoms with Gasteiger partial charge in [0.1, 0.15) is 5.01 Å². The van der Waals surface area contributed by atoms with E-state index in [1.54, 1.807) is 11.3 Å². The van der Waals surface area contributed by atoms with E-state index in [4.69, 9.17) is 5.73 Å². The van der Waals surface area contributed by atoms with E-state index >= 15 is 0 Å². The fourth-order valence-electron chi connectivity index (χ4n) is 1.40. The maximum absolute atomic E-state index is 5.66. The van der Waals surface area contributed by atoms with Gasteiger partial charge < -0.3 is 11.1 Å². The standard InChI is InChI=1S/C11H21N3S/c1-4-10(5-12)6-13-9(3)11-14-8(2)7-15-11/h7,9-10,13H,4-6,12H2,1-3H3. The summed E-state index contributed by atoms with van der Waals surface area (Å²) in [5.41, 5.74) is 6.77. The van der Waals surface area contributed by atoms with Crippen LogP contribution >= 0.6 is 11.3 Å². The third-order valence-electron chi connectivity index (χ3n) is 2.63. The number of nitrogens with two attached hydrogens (primary N) is 1. The first-order chi connectivity index (χ1) is 7.17. The van der Waals surface area contributed by atoms with Gasteiger partial charge in [0.2, 0.25) is 0 Å². The molecule has 1 heterocycles. The highest BCUT2D eigenvalue weighted by Crippen LogP contribution is 2.17. The first-order valence-corrected chi connectivity index (χ1v) is 6.40. The molecule has 0 saturated carbocycles. The van der Waals surface area contributed by atoms with Crippen molar-refractivity contribution in [1.29, 1.82) is 0 Å². The van der Waals surface area contributed by atoms with Crippen LogP contribution in [0.1, 0.15) is 37.0 Å². The quantitative estimate of drug-likeness (QED) is 0.782. The van der Waals surface area contributed by atoms with Crippen molar-refractivity contribution in [3.05, 3.63) is 16.1 Å². The van der Waals surface area contributed by atoms with Crippen LogP contribution in [0.4, 0.5) is 0 Å². The fourth-order valence-corrected chi connectivity index (χ4v) is 2.22. The molecule has 0 fully saturated rings. The lowest BCUT2D eigenvalue weighted by Gasteiger charge is -2.16. The van der Waals surface area contributed by atoms with Crippen LogP contribution in [0.25, 0.3) is 0 Å². The van der Waals surface area contributed by atoms with Gasteiger partial charge in [0.15, 0.2) is 0 Å². The van der Waals surface area contributed by atoms with Crippen molar-refractivity contribution in [2.75, 3.05) is 13.1 Å². The van der Waals surface area contributed by atoms with E-state index in [1.807, 2.05) is 6.92 Å². The van der Waals surface area contributed by atoms with Crippen LogP contribution in [0.5, 0.6) is 0 Å². The summed E-state index contributed by atoms with van der Waals surface area (Å²) >= 11 is 1.72. The Morgan fingerprint density at radius 3 is 2.80 bits per heavy atom. The SMILES string of the molecule is CCC(CN)CNC(C)c1nc(C)cs1. The number of rotatable bonds is 6. The van der Waals surface area contributed by atoms with E-state index < -0.39 is 0 Å². The van der Waals surface area contributed by atoms with Gasteiger partial charge in [-0.15, -0.1) is 11.3 Å². The van der Waals surface area contributed by atoms with Gasteiger partial charge in [0, 0.05) is 11.1 Å². The van der Waals surface area contributed by atoms with E-state index in [9.17, 15) is 0 Å². The second kappa shape index (κ2) is 6.20. The predicted molar refractivity (Wildman–Crippen MR) is 66.1 cm³/mol. The van der Waals surface area contributed by atoms with Gasteiger partial charge in [0.25, 0.3) is 0 Å². The molecule has 3 N–H and O–H groups in total. The van der Waals surface area contributed by atoms with Crippen LogP contribution < -0.4 is 11.1 Å². The van der Waals surface area contributed by atoms with Gasteiger partial charge in [-0.2, -0.15) is 0 Å². The first-order valence-electron chi connectivity index (χ1n) is 5.52. The molecule has 0 aliphatic heterocycles. The smallest absolute Gasteiger partial charge is 0.110 e. The third-order valence-corrected chi connectivity index (χ3v) is 3.78. The molecule has 0 bridgehead atoms. The minimum Gasteiger partial charge on any atom is -0.330 e. The maximum atomic E-state index is 5.66. The normalized spacial score (nSPS) is 15.2. The molecule has 0 saturated heterocycles. The molecule has 0 aliphatic carbocycles. The fraction of sp³-hybridized carbons (Fsp3) is 0.727. The van der Waals surface area contributed by atoms with Crippen molar-refractivity contribution >= 4 is 11.3 Å². The van der Waals surface area contributed by atoms with Crippen molar-refractivity contribution in [3.8, 4) is 0 Å². The Morgan fingerprint density at radius 2 is 2.33 bits per heavy atom. The van der Waals surface area contributed by atoms with Crippen LogP contribution in [-0.2, 0) is 0 Å². The maximum Gasteiger partial charge on any atom is 0.110 e. The van der Waals surface area contributed by atoms with Crippen molar-refractivity contribution in [2.24, 2.45) is 11.7 Å². The van der Waals surface area contributed by atoms with Gasteiger partial charge in [-0.05, 0) is 32.9 Å². The van der Waals surface area contributed by atoms with E-state index in [0.717, 1.165) is 25.2 Å². The van der Waals surface area contributed by atoms with Gasteiger partial charge in [-0.3, -0.25) is 0 Å². The number of aryl methyl sites for hydroxylation is 1. The molecule has 15 heavy (non-hydrogen) atoms. The molecule has 0 spiro atoms. The van der Waals surface area contributed by atoms with Crippen molar-refractivity contribution < 1.29 is 0 Å². The van der Waals surface area contributed by atoms with Crippen LogP contribution in [0.3, 0.4) is 0 Å². The molecule has 86 valence electrons. The van der Waals surface area contributed by atoms with Crippen molar-refractivity contribution in [3.63, 3.8) is 0 Å². The molecular weight excluding hydrogens is 206 g/mol. The molecule has 0 radical (unpaired) electrons. The number of aromatic nitrogens is 1. The Morgan fingerprint density at radius 1 is 1.60 bits per heavy atom. The van der Waals surface area contributed by atoms with Crippen LogP contribution in [0.15, 0.2) is 5.38 Å². The molecule has 0 amide bonds. The van der Waals surface area contributed by atoms with Crippen molar-refractivity contribution in [1.82, 2.24) is 10.3 Å². The molecule has 2 atom stereocenters. The summed E-state index contributed by atoms with van der Waals surface area (Å²) < 4.78 is 0. The van der Waals surface area contributed by atoms with Gasteiger partial charge in [-0.25, -0.2) is 4.98 Å². The first kappa shape index (κ1) is 12.6. The Hall–Kier alpha value is -0.450. The molecule has 2 unspecified atom stereocenters. The monoisotopic (exact) mass is 227 g/mol. The third kappa shape index (κ3) is 3.89. The van der Waals surface area contributed by atoms with Crippen LogP contribution in [-0.4, -0.2) is 18.1 Å². The number of hydrogen-bond acceptors (Lipinski definition) is 4. The van der Waals surface area contributed by atoms with Gasteiger partial charge >= 0.3 is 0 Å². The van der Waals surface area contributed by atoms with Crippen LogP contribution in [0, 0.1) is 12.8 Å². The average molecular weight is 227 g/mol. The highest BCUT2D eigenvalue weighted by Gasteiger charge is 2.10. The molecule has 3 nitrogen and oxygen atoms in total. The molecule has 0 aromatic carbocycles. The summed E-state index contributed by atoms with van der Waals surface area (Å²) in [7, 11) is 0. The Bertz CT molecular complexity index is 281. The lowest BCUT2D eigenvalue weighted by molar-refractivity contribution is 0.439. The molecule has 1 aromatic rings. The van der Waals surface area contributed by atoms with E-state index in [-0.39, 0.29) is 0 Å². The summed E-state index contributed by atoms with van der Waals surface area (Å²) in [4.78, 5) is 4.46. The second-order valence-electron chi connectivity index (χ2n) is 3.97. The largest absolute Gasteiger partial charge is 0.330 e. The van der Waals surface area contributed by atoms with Crippen LogP contribution in [0.2, 0.25) is 0 Å². The lowest BCUT2D eigenvalue weighted by atomic mass is 10.1. The Balaban J connectivity index is 2.39. The molecule has 4 heteroatoms. The zero-order valence-electron chi connectivity index (χ0n) is 9.79. The Labute approximate surface area is 96.1 Å². The minimum atomic E-state index is 0.337. The molecule has 1 rings (SSSR count). The van der Waals surface area contributed by atoms with E-state index in [2.05, 4.69) is 29.5 Å². The highest BCUT2D eigenvalue weighted by molar-refractivity contribution is 7.09. The van der Waals surface area contributed by atoms with Gasteiger partial charge in [-0.1, -0.05) is 13.3 Å². The number of hydrogen-bond donors (Lipinski definition) is 2. The van der Waals surface area contributed by atoms with Crippen molar-refractivity contribution in [2.45, 2.75) is 33.2 Å². The minimum absolute atomic E-state index is 0.337. The number of thiazole rings is 1.